The minimum atomic E-state index is -2.94. The van der Waals surface area contributed by atoms with Crippen LogP contribution in [0.1, 0.15) is 37.1 Å². The van der Waals surface area contributed by atoms with Gasteiger partial charge in [0.2, 0.25) is 5.91 Å². The minimum absolute atomic E-state index is 0.172. The molecule has 2 N–H and O–H groups in total. The van der Waals surface area contributed by atoms with Crippen LogP contribution in [0.25, 0.3) is 27.7 Å². The van der Waals surface area contributed by atoms with E-state index in [1.165, 1.54) is 6.33 Å². The molecule has 10 heteroatoms. The van der Waals surface area contributed by atoms with Gasteiger partial charge in [-0.1, -0.05) is 6.92 Å². The first kappa shape index (κ1) is 20.4. The Morgan fingerprint density at radius 3 is 2.72 bits per heavy atom. The lowest BCUT2D eigenvalue weighted by atomic mass is 10.0. The summed E-state index contributed by atoms with van der Waals surface area (Å²) in [7, 11) is 0. The number of nitrogens with one attached hydrogen (secondary N) is 1. The molecular weight excluding hydrogens is 418 g/mol. The van der Waals surface area contributed by atoms with Crippen molar-refractivity contribution in [2.24, 2.45) is 5.92 Å². The van der Waals surface area contributed by atoms with E-state index in [0.29, 0.717) is 23.3 Å². The van der Waals surface area contributed by atoms with Gasteiger partial charge in [-0.15, -0.1) is 0 Å². The molecule has 2 atom stereocenters. The lowest BCUT2D eigenvalue weighted by molar-refractivity contribution is -0.119. The fourth-order valence-electron chi connectivity index (χ4n) is 3.80. The van der Waals surface area contributed by atoms with Crippen molar-refractivity contribution < 1.29 is 18.7 Å². The molecule has 0 bridgehead atoms. The fraction of sp³-hybridized carbons (Fsp3) is 0.318. The summed E-state index contributed by atoms with van der Waals surface area (Å²) in [5.41, 5.74) is 4.35. The fourth-order valence-corrected chi connectivity index (χ4v) is 3.80. The molecule has 0 spiro atoms. The van der Waals surface area contributed by atoms with Crippen LogP contribution < -0.4 is 5.32 Å². The number of hydrogen-bond acceptors (Lipinski definition) is 6. The largest absolute Gasteiger partial charge is 0.387 e. The Labute approximate surface area is 181 Å². The third-order valence-corrected chi connectivity index (χ3v) is 5.77. The van der Waals surface area contributed by atoms with Crippen LogP contribution in [0.4, 0.5) is 14.6 Å². The summed E-state index contributed by atoms with van der Waals surface area (Å²) >= 11 is 0. The molecular formula is C22H20F2N6O2. The van der Waals surface area contributed by atoms with E-state index in [0.717, 1.165) is 22.1 Å². The summed E-state index contributed by atoms with van der Waals surface area (Å²) in [6.45, 7) is 3.82. The number of pyridine rings is 3. The van der Waals surface area contributed by atoms with Crippen LogP contribution in [-0.4, -0.2) is 41.5 Å². The Morgan fingerprint density at radius 2 is 2.03 bits per heavy atom. The Hall–Kier alpha value is -3.53. The van der Waals surface area contributed by atoms with Crippen molar-refractivity contribution in [3.63, 3.8) is 0 Å². The van der Waals surface area contributed by atoms with Crippen LogP contribution in [0.5, 0.6) is 0 Å². The number of hydrogen-bond donors (Lipinski definition) is 2. The molecule has 1 aliphatic carbocycles. The first-order valence-electron chi connectivity index (χ1n) is 10.2. The lowest BCUT2D eigenvalue weighted by Gasteiger charge is -2.13. The molecule has 1 aliphatic rings. The Kier molecular flexibility index (Phi) is 4.63. The molecule has 4 heterocycles. The number of nitrogens with zero attached hydrogens (tertiary/aromatic N) is 5. The number of anilines is 1. The maximum absolute atomic E-state index is 13.2. The number of rotatable bonds is 5. The summed E-state index contributed by atoms with van der Waals surface area (Å²) in [6, 6.07) is 5.34. The zero-order chi connectivity index (χ0) is 22.6. The van der Waals surface area contributed by atoms with Crippen molar-refractivity contribution in [1.29, 1.82) is 0 Å². The van der Waals surface area contributed by atoms with Gasteiger partial charge in [0.15, 0.2) is 5.65 Å². The Bertz CT molecular complexity index is 1370. The second-order valence-electron chi connectivity index (χ2n) is 8.04. The number of carbonyl (C=O) groups is 1. The van der Waals surface area contributed by atoms with E-state index in [4.69, 9.17) is 0 Å². The topological polar surface area (TPSA) is 105 Å². The van der Waals surface area contributed by atoms with Gasteiger partial charge < -0.3 is 10.4 Å². The van der Waals surface area contributed by atoms with E-state index in [9.17, 15) is 18.7 Å². The highest BCUT2D eigenvalue weighted by atomic mass is 19.3. The molecule has 4 aromatic heterocycles. The van der Waals surface area contributed by atoms with Crippen molar-refractivity contribution >= 4 is 28.3 Å². The summed E-state index contributed by atoms with van der Waals surface area (Å²) in [4.78, 5) is 25.0. The Balaban J connectivity index is 1.56. The molecule has 1 unspecified atom stereocenters. The zero-order valence-corrected chi connectivity index (χ0v) is 17.4. The monoisotopic (exact) mass is 438 g/mol. The smallest absolute Gasteiger partial charge is 0.260 e. The number of aliphatic hydroxyl groups excluding tert-OH is 1. The average molecular weight is 438 g/mol. The van der Waals surface area contributed by atoms with E-state index in [2.05, 4.69) is 25.4 Å². The van der Waals surface area contributed by atoms with Crippen LogP contribution in [-0.2, 0) is 4.79 Å². The maximum Gasteiger partial charge on any atom is 0.260 e. The van der Waals surface area contributed by atoms with Gasteiger partial charge in [0, 0.05) is 41.4 Å². The quantitative estimate of drug-likeness (QED) is 0.492. The van der Waals surface area contributed by atoms with Gasteiger partial charge in [-0.2, -0.15) is 5.10 Å². The number of aromatic nitrogens is 5. The molecule has 0 aliphatic heterocycles. The average Bonchev–Trinajstić information content (AvgIpc) is 3.18. The summed E-state index contributed by atoms with van der Waals surface area (Å²) in [5, 5.41) is 17.6. The number of aryl methyl sites for hydroxylation is 1. The van der Waals surface area contributed by atoms with Gasteiger partial charge in [0.05, 0.1) is 17.3 Å². The SMILES string of the molecule is CC[C@@H](O)c1cc(C)c(-c2cc3cnc(NC(=O)C4CC4(F)F)cc3n3ncnc23)cn1. The van der Waals surface area contributed by atoms with Gasteiger partial charge in [-0.3, -0.25) is 9.78 Å². The first-order chi connectivity index (χ1) is 15.3. The standard InChI is InChI=1S/C22H20F2N6O2/c1-3-18(31)16-4-11(2)14(9-25-16)13-5-12-8-26-19(29-21(32)15-7-22(15,23)24)6-17(12)30-20(13)27-10-28-30/h4-6,8-10,15,18,31H,3,7H2,1-2H3,(H,26,29,32)/t15?,18-/m1/s1. The molecule has 5 rings (SSSR count). The highest BCUT2D eigenvalue weighted by molar-refractivity contribution is 5.97. The van der Waals surface area contributed by atoms with Crippen molar-refractivity contribution in [1.82, 2.24) is 24.6 Å². The predicted octanol–water partition coefficient (Wildman–Crippen LogP) is 3.69. The highest BCUT2D eigenvalue weighted by Crippen LogP contribution is 2.49. The van der Waals surface area contributed by atoms with Crippen molar-refractivity contribution in [2.45, 2.75) is 38.7 Å². The molecule has 32 heavy (non-hydrogen) atoms. The molecule has 1 saturated carbocycles. The van der Waals surface area contributed by atoms with Crippen LogP contribution in [0.15, 0.2) is 36.9 Å². The third kappa shape index (κ3) is 3.36. The van der Waals surface area contributed by atoms with E-state index in [1.54, 1.807) is 23.0 Å². The van der Waals surface area contributed by atoms with Crippen molar-refractivity contribution in [3.8, 4) is 11.1 Å². The summed E-state index contributed by atoms with van der Waals surface area (Å²) in [5.74, 6) is -4.82. The molecule has 1 fully saturated rings. The second kappa shape index (κ2) is 7.27. The number of aliphatic hydroxyl groups is 1. The first-order valence-corrected chi connectivity index (χ1v) is 10.2. The van der Waals surface area contributed by atoms with E-state index < -0.39 is 30.3 Å². The number of fused-ring (bicyclic) bond motifs is 3. The van der Waals surface area contributed by atoms with Gasteiger partial charge in [0.1, 0.15) is 18.1 Å². The second-order valence-corrected chi connectivity index (χ2v) is 8.04. The van der Waals surface area contributed by atoms with Gasteiger partial charge in [-0.05, 0) is 31.0 Å². The molecule has 0 aromatic carbocycles. The zero-order valence-electron chi connectivity index (χ0n) is 17.4. The number of alkyl halides is 2. The molecule has 0 radical (unpaired) electrons. The molecule has 164 valence electrons. The molecule has 4 aromatic rings. The normalized spacial score (nSPS) is 18.1. The molecule has 8 nitrogen and oxygen atoms in total. The van der Waals surface area contributed by atoms with Gasteiger partial charge in [-0.25, -0.2) is 23.3 Å². The molecule has 0 saturated heterocycles. The van der Waals surface area contributed by atoms with E-state index in [-0.39, 0.29) is 5.82 Å². The van der Waals surface area contributed by atoms with Gasteiger partial charge in [0.25, 0.3) is 5.92 Å². The number of carbonyl (C=O) groups excluding carboxylic acids is 1. The van der Waals surface area contributed by atoms with Crippen LogP contribution in [0, 0.1) is 12.8 Å². The van der Waals surface area contributed by atoms with Crippen LogP contribution in [0.2, 0.25) is 0 Å². The molecule has 1 amide bonds. The van der Waals surface area contributed by atoms with Crippen LogP contribution in [0.3, 0.4) is 0 Å². The summed E-state index contributed by atoms with van der Waals surface area (Å²) < 4.78 is 28.0. The highest BCUT2D eigenvalue weighted by Gasteiger charge is 2.61. The number of halogens is 2. The van der Waals surface area contributed by atoms with Gasteiger partial charge >= 0.3 is 0 Å². The Morgan fingerprint density at radius 1 is 1.25 bits per heavy atom. The van der Waals surface area contributed by atoms with E-state index in [1.807, 2.05) is 26.0 Å². The third-order valence-electron chi connectivity index (χ3n) is 5.77. The number of amides is 1. The maximum atomic E-state index is 13.2. The van der Waals surface area contributed by atoms with Crippen LogP contribution >= 0.6 is 0 Å². The predicted molar refractivity (Wildman–Crippen MR) is 113 cm³/mol. The van der Waals surface area contributed by atoms with E-state index >= 15 is 0 Å². The van der Waals surface area contributed by atoms with Crippen molar-refractivity contribution in [3.05, 3.63) is 48.2 Å². The van der Waals surface area contributed by atoms with Crippen molar-refractivity contribution in [2.75, 3.05) is 5.32 Å². The summed E-state index contributed by atoms with van der Waals surface area (Å²) in [6.07, 6.45) is 4.18. The minimum Gasteiger partial charge on any atom is -0.387 e. The lowest BCUT2D eigenvalue weighted by Crippen LogP contribution is -2.18.